The smallest absolute Gasteiger partial charge is 0.303 e. The van der Waals surface area contributed by atoms with E-state index in [1.54, 1.807) is 7.11 Å². The van der Waals surface area contributed by atoms with Crippen LogP contribution in [0.2, 0.25) is 5.02 Å². The van der Waals surface area contributed by atoms with Crippen molar-refractivity contribution in [3.8, 4) is 11.8 Å². The van der Waals surface area contributed by atoms with Gasteiger partial charge in [0.1, 0.15) is 11.8 Å². The monoisotopic (exact) mass is 321 g/mol. The molecule has 0 amide bonds. The number of halogens is 1. The van der Waals surface area contributed by atoms with Crippen molar-refractivity contribution >= 4 is 17.6 Å². The van der Waals surface area contributed by atoms with Crippen molar-refractivity contribution in [3.63, 3.8) is 0 Å². The fraction of sp³-hybridized carbons (Fsp3) is 0.412. The van der Waals surface area contributed by atoms with Crippen molar-refractivity contribution in [1.29, 1.82) is 5.26 Å². The molecule has 0 unspecified atom stereocenters. The first kappa shape index (κ1) is 18.1. The van der Waals surface area contributed by atoms with Gasteiger partial charge in [-0.05, 0) is 44.7 Å². The second-order valence-corrected chi connectivity index (χ2v) is 5.59. The molecule has 5 heteroatoms. The molecule has 0 atom stereocenters. The minimum Gasteiger partial charge on any atom is -0.496 e. The first-order valence-corrected chi connectivity index (χ1v) is 7.34. The molecule has 22 heavy (non-hydrogen) atoms. The van der Waals surface area contributed by atoms with Gasteiger partial charge in [0.15, 0.2) is 0 Å². The SMILES string of the molecule is COc1c(C)c(C)c(C#N)c(Cl)c1C/C=C(\C)CCC(=O)O. The van der Waals surface area contributed by atoms with Crippen LogP contribution in [0.1, 0.15) is 42.0 Å². The lowest BCUT2D eigenvalue weighted by atomic mass is 9.96. The van der Waals surface area contributed by atoms with E-state index in [1.165, 1.54) is 0 Å². The van der Waals surface area contributed by atoms with Crippen molar-refractivity contribution in [2.45, 2.75) is 40.0 Å². The highest BCUT2D eigenvalue weighted by Crippen LogP contribution is 2.36. The molecule has 118 valence electrons. The maximum atomic E-state index is 10.6. The minimum absolute atomic E-state index is 0.101. The molecule has 4 nitrogen and oxygen atoms in total. The summed E-state index contributed by atoms with van der Waals surface area (Å²) in [6.07, 6.45) is 3.03. The Balaban J connectivity index is 3.19. The van der Waals surface area contributed by atoms with Crippen LogP contribution in [0.5, 0.6) is 5.75 Å². The van der Waals surface area contributed by atoms with Crippen molar-refractivity contribution in [2.24, 2.45) is 0 Å². The molecular weight excluding hydrogens is 302 g/mol. The number of rotatable bonds is 6. The van der Waals surface area contributed by atoms with Crippen LogP contribution in [0.3, 0.4) is 0 Å². The van der Waals surface area contributed by atoms with Gasteiger partial charge in [0, 0.05) is 12.0 Å². The molecule has 0 aliphatic carbocycles. The van der Waals surface area contributed by atoms with E-state index in [2.05, 4.69) is 6.07 Å². The summed E-state index contributed by atoms with van der Waals surface area (Å²) in [4.78, 5) is 10.6. The highest BCUT2D eigenvalue weighted by atomic mass is 35.5. The van der Waals surface area contributed by atoms with Crippen molar-refractivity contribution in [3.05, 3.63) is 38.9 Å². The van der Waals surface area contributed by atoms with E-state index in [9.17, 15) is 10.1 Å². The molecule has 1 aromatic carbocycles. The molecule has 1 N–H and O–H groups in total. The Hall–Kier alpha value is -1.99. The lowest BCUT2D eigenvalue weighted by Crippen LogP contribution is -2.01. The highest BCUT2D eigenvalue weighted by molar-refractivity contribution is 6.33. The molecule has 0 bridgehead atoms. The third-order valence-electron chi connectivity index (χ3n) is 3.74. The summed E-state index contributed by atoms with van der Waals surface area (Å²) >= 11 is 6.36. The van der Waals surface area contributed by atoms with E-state index >= 15 is 0 Å². The maximum absolute atomic E-state index is 10.6. The second-order valence-electron chi connectivity index (χ2n) is 5.21. The van der Waals surface area contributed by atoms with Gasteiger partial charge in [0.05, 0.1) is 17.7 Å². The largest absolute Gasteiger partial charge is 0.496 e. The second kappa shape index (κ2) is 7.86. The van der Waals surface area contributed by atoms with Crippen molar-refractivity contribution in [2.75, 3.05) is 7.11 Å². The molecule has 0 saturated carbocycles. The molecule has 1 aromatic rings. The van der Waals surface area contributed by atoms with E-state index in [0.29, 0.717) is 29.2 Å². The summed E-state index contributed by atoms with van der Waals surface area (Å²) in [5, 5.41) is 18.4. The molecule has 0 aromatic heterocycles. The number of nitrogens with zero attached hydrogens (tertiary/aromatic N) is 1. The standard InChI is InChI=1S/C17H20ClNO3/c1-10(6-8-15(20)21)5-7-13-16(18)14(9-19)11(2)12(3)17(13)22-4/h5H,6-8H2,1-4H3,(H,20,21)/b10-5+. The Bertz CT molecular complexity index is 653. The molecule has 0 spiro atoms. The van der Waals surface area contributed by atoms with E-state index < -0.39 is 5.97 Å². The number of carboxylic acids is 1. The third-order valence-corrected chi connectivity index (χ3v) is 4.16. The summed E-state index contributed by atoms with van der Waals surface area (Å²) in [5.74, 6) is -0.134. The third kappa shape index (κ3) is 4.02. The fourth-order valence-electron chi connectivity index (χ4n) is 2.27. The number of methoxy groups -OCH3 is 1. The van der Waals surface area contributed by atoms with Gasteiger partial charge in [-0.25, -0.2) is 0 Å². The van der Waals surface area contributed by atoms with Crippen molar-refractivity contribution in [1.82, 2.24) is 0 Å². The number of hydrogen-bond acceptors (Lipinski definition) is 3. The number of allylic oxidation sites excluding steroid dienone is 2. The molecule has 0 heterocycles. The van der Waals surface area contributed by atoms with Gasteiger partial charge in [0.25, 0.3) is 0 Å². The first-order chi connectivity index (χ1) is 10.3. The average molecular weight is 322 g/mol. The molecule has 0 fully saturated rings. The zero-order valence-electron chi connectivity index (χ0n) is 13.3. The number of benzene rings is 1. The molecule has 0 radical (unpaired) electrons. The average Bonchev–Trinajstić information content (AvgIpc) is 2.47. The maximum Gasteiger partial charge on any atom is 0.303 e. The van der Waals surface area contributed by atoms with Crippen LogP contribution in [0.25, 0.3) is 0 Å². The van der Waals surface area contributed by atoms with Gasteiger partial charge in [0.2, 0.25) is 0 Å². The van der Waals surface area contributed by atoms with Crippen LogP contribution in [-0.2, 0) is 11.2 Å². The molecule has 0 aliphatic rings. The Morgan fingerprint density at radius 2 is 2.00 bits per heavy atom. The zero-order valence-corrected chi connectivity index (χ0v) is 14.0. The Kier molecular flexibility index (Phi) is 6.45. The lowest BCUT2D eigenvalue weighted by Gasteiger charge is -2.16. The number of hydrogen-bond donors (Lipinski definition) is 1. The Morgan fingerprint density at radius 3 is 2.50 bits per heavy atom. The van der Waals surface area contributed by atoms with Crippen LogP contribution in [-0.4, -0.2) is 18.2 Å². The molecule has 1 rings (SSSR count). The van der Waals surface area contributed by atoms with Crippen LogP contribution >= 0.6 is 11.6 Å². The first-order valence-electron chi connectivity index (χ1n) is 6.96. The van der Waals surface area contributed by atoms with Gasteiger partial charge in [-0.3, -0.25) is 4.79 Å². The van der Waals surface area contributed by atoms with E-state index in [-0.39, 0.29) is 6.42 Å². The lowest BCUT2D eigenvalue weighted by molar-refractivity contribution is -0.136. The summed E-state index contributed by atoms with van der Waals surface area (Å²) in [6.45, 7) is 5.63. The zero-order chi connectivity index (χ0) is 16.9. The fourth-order valence-corrected chi connectivity index (χ4v) is 2.62. The van der Waals surface area contributed by atoms with Crippen molar-refractivity contribution < 1.29 is 14.6 Å². The van der Waals surface area contributed by atoms with Gasteiger partial charge in [-0.1, -0.05) is 23.3 Å². The van der Waals surface area contributed by atoms with Crippen LogP contribution in [0.15, 0.2) is 11.6 Å². The predicted molar refractivity (Wildman–Crippen MR) is 86.5 cm³/mol. The predicted octanol–water partition coefficient (Wildman–Crippen LogP) is 4.19. The number of aliphatic carboxylic acids is 1. The van der Waals surface area contributed by atoms with Crippen LogP contribution < -0.4 is 4.74 Å². The van der Waals surface area contributed by atoms with E-state index in [1.807, 2.05) is 26.8 Å². The summed E-state index contributed by atoms with van der Waals surface area (Å²) in [5.41, 5.74) is 3.91. The molecule has 0 aliphatic heterocycles. The van der Waals surface area contributed by atoms with Gasteiger partial charge in [-0.2, -0.15) is 5.26 Å². The van der Waals surface area contributed by atoms with Gasteiger partial charge < -0.3 is 9.84 Å². The van der Waals surface area contributed by atoms with Gasteiger partial charge >= 0.3 is 5.97 Å². The Labute approximate surface area is 136 Å². The minimum atomic E-state index is -0.818. The van der Waals surface area contributed by atoms with Crippen LogP contribution in [0.4, 0.5) is 0 Å². The van der Waals surface area contributed by atoms with Crippen LogP contribution in [0, 0.1) is 25.2 Å². The van der Waals surface area contributed by atoms with E-state index in [4.69, 9.17) is 21.4 Å². The molecular formula is C17H20ClNO3. The van der Waals surface area contributed by atoms with E-state index in [0.717, 1.165) is 22.3 Å². The van der Waals surface area contributed by atoms with Gasteiger partial charge in [-0.15, -0.1) is 0 Å². The normalized spacial score (nSPS) is 11.2. The number of carbonyl (C=O) groups is 1. The molecule has 0 saturated heterocycles. The quantitative estimate of drug-likeness (QED) is 0.797. The number of carboxylic acid groups (broad SMARTS) is 1. The summed E-state index contributed by atoms with van der Waals surface area (Å²) in [7, 11) is 1.58. The number of nitriles is 1. The topological polar surface area (TPSA) is 70.3 Å². The highest BCUT2D eigenvalue weighted by Gasteiger charge is 2.18. The Morgan fingerprint density at radius 1 is 1.36 bits per heavy atom. The summed E-state index contributed by atoms with van der Waals surface area (Å²) in [6, 6.07) is 2.14. The number of ether oxygens (including phenoxy) is 1. The summed E-state index contributed by atoms with van der Waals surface area (Å²) < 4.78 is 5.45.